The van der Waals surface area contributed by atoms with Gasteiger partial charge in [-0.25, -0.2) is 0 Å². The molecule has 0 spiro atoms. The molecule has 20 heavy (non-hydrogen) atoms. The molecule has 0 aliphatic carbocycles. The fraction of sp³-hybridized carbons (Fsp3) is 0.467. The van der Waals surface area contributed by atoms with Crippen molar-refractivity contribution >= 4 is 11.6 Å². The second-order valence-electron chi connectivity index (χ2n) is 5.40. The van der Waals surface area contributed by atoms with E-state index in [-0.39, 0.29) is 0 Å². The zero-order chi connectivity index (χ0) is 13.9. The number of nitrogens with one attached hydrogen (secondary N) is 1. The number of nitrogens with zero attached hydrogens (tertiary/aromatic N) is 2. The Labute approximate surface area is 123 Å². The molecule has 4 nitrogen and oxygen atoms in total. The van der Waals surface area contributed by atoms with E-state index in [4.69, 9.17) is 16.1 Å². The van der Waals surface area contributed by atoms with E-state index < -0.39 is 0 Å². The monoisotopic (exact) mass is 291 g/mol. The fourth-order valence-corrected chi connectivity index (χ4v) is 2.71. The minimum absolute atomic E-state index is 0.573. The lowest BCUT2D eigenvalue weighted by Crippen LogP contribution is -2.31. The van der Waals surface area contributed by atoms with E-state index in [2.05, 4.69) is 15.5 Å². The highest BCUT2D eigenvalue weighted by molar-refractivity contribution is 6.31. The third-order valence-electron chi connectivity index (χ3n) is 3.74. The zero-order valence-electron chi connectivity index (χ0n) is 11.5. The molecule has 1 aromatic carbocycles. The molecule has 1 fully saturated rings. The molecule has 1 aliphatic heterocycles. The molecule has 0 radical (unpaired) electrons. The van der Waals surface area contributed by atoms with Gasteiger partial charge >= 0.3 is 0 Å². The molecular weight excluding hydrogens is 274 g/mol. The Kier molecular flexibility index (Phi) is 4.03. The van der Waals surface area contributed by atoms with E-state index in [0.29, 0.717) is 11.8 Å². The summed E-state index contributed by atoms with van der Waals surface area (Å²) in [5.41, 5.74) is 1.94. The summed E-state index contributed by atoms with van der Waals surface area (Å²) in [5, 5.41) is 8.25. The molecule has 0 saturated carbocycles. The third kappa shape index (κ3) is 3.02. The minimum atomic E-state index is 0.573. The summed E-state index contributed by atoms with van der Waals surface area (Å²) in [7, 11) is 0. The second kappa shape index (κ2) is 5.94. The standard InChI is InChI=1S/C15H18ClN3O/c1-10-7-12(4-5-13(10)16)15-18-14(19-20-15)8-11-3-2-6-17-9-11/h4-5,7,11,17H,2-3,6,8-9H2,1H3. The normalized spacial score (nSPS) is 19.2. The summed E-state index contributed by atoms with van der Waals surface area (Å²) >= 11 is 6.03. The van der Waals surface area contributed by atoms with Gasteiger partial charge in [0.05, 0.1) is 0 Å². The van der Waals surface area contributed by atoms with Gasteiger partial charge in [-0.2, -0.15) is 4.98 Å². The zero-order valence-corrected chi connectivity index (χ0v) is 12.3. The second-order valence-corrected chi connectivity index (χ2v) is 5.80. The van der Waals surface area contributed by atoms with Crippen molar-refractivity contribution in [1.82, 2.24) is 15.5 Å². The maximum atomic E-state index is 6.03. The number of aryl methyl sites for hydroxylation is 1. The summed E-state index contributed by atoms with van der Waals surface area (Å²) in [6, 6.07) is 5.75. The number of aromatic nitrogens is 2. The molecule has 1 atom stereocenters. The minimum Gasteiger partial charge on any atom is -0.334 e. The number of hydrogen-bond donors (Lipinski definition) is 1. The van der Waals surface area contributed by atoms with Crippen molar-refractivity contribution in [2.75, 3.05) is 13.1 Å². The van der Waals surface area contributed by atoms with E-state index in [9.17, 15) is 0 Å². The Bertz CT molecular complexity index is 591. The lowest BCUT2D eigenvalue weighted by atomic mass is 9.96. The summed E-state index contributed by atoms with van der Waals surface area (Å²) in [6.45, 7) is 4.14. The number of rotatable bonds is 3. The van der Waals surface area contributed by atoms with Gasteiger partial charge < -0.3 is 9.84 Å². The molecule has 0 amide bonds. The van der Waals surface area contributed by atoms with Crippen molar-refractivity contribution < 1.29 is 4.52 Å². The first kappa shape index (κ1) is 13.6. The number of benzene rings is 1. The molecule has 1 aromatic heterocycles. The number of piperidine rings is 1. The van der Waals surface area contributed by atoms with Crippen LogP contribution in [0.2, 0.25) is 5.02 Å². The first-order valence-corrected chi connectivity index (χ1v) is 7.40. The van der Waals surface area contributed by atoms with Crippen molar-refractivity contribution in [3.05, 3.63) is 34.6 Å². The van der Waals surface area contributed by atoms with Gasteiger partial charge in [0.2, 0.25) is 0 Å². The van der Waals surface area contributed by atoms with Crippen molar-refractivity contribution in [2.45, 2.75) is 26.2 Å². The van der Waals surface area contributed by atoms with Gasteiger partial charge in [-0.15, -0.1) is 0 Å². The SMILES string of the molecule is Cc1cc(-c2nc(CC3CCCNC3)no2)ccc1Cl. The molecule has 0 bridgehead atoms. The Balaban J connectivity index is 1.73. The highest BCUT2D eigenvalue weighted by atomic mass is 35.5. The van der Waals surface area contributed by atoms with E-state index in [1.165, 1.54) is 12.8 Å². The van der Waals surface area contributed by atoms with Gasteiger partial charge in [0.15, 0.2) is 5.82 Å². The summed E-state index contributed by atoms with van der Waals surface area (Å²) < 4.78 is 5.36. The Morgan fingerprint density at radius 3 is 3.10 bits per heavy atom. The fourth-order valence-electron chi connectivity index (χ4n) is 2.59. The van der Waals surface area contributed by atoms with Crippen LogP contribution in [-0.2, 0) is 6.42 Å². The number of hydrogen-bond acceptors (Lipinski definition) is 4. The molecule has 1 N–H and O–H groups in total. The van der Waals surface area contributed by atoms with Gasteiger partial charge in [-0.3, -0.25) is 0 Å². The van der Waals surface area contributed by atoms with Crippen LogP contribution in [0.1, 0.15) is 24.2 Å². The van der Waals surface area contributed by atoms with E-state index in [1.54, 1.807) is 0 Å². The molecule has 1 saturated heterocycles. The van der Waals surface area contributed by atoms with Crippen LogP contribution >= 0.6 is 11.6 Å². The maximum Gasteiger partial charge on any atom is 0.257 e. The molecular formula is C15H18ClN3O. The molecule has 3 rings (SSSR count). The molecule has 106 valence electrons. The average molecular weight is 292 g/mol. The molecule has 5 heteroatoms. The van der Waals surface area contributed by atoms with Crippen molar-refractivity contribution in [3.8, 4) is 11.5 Å². The van der Waals surface area contributed by atoms with Crippen molar-refractivity contribution in [3.63, 3.8) is 0 Å². The average Bonchev–Trinajstić information content (AvgIpc) is 2.91. The molecule has 1 unspecified atom stereocenters. The van der Waals surface area contributed by atoms with Crippen molar-refractivity contribution in [2.24, 2.45) is 5.92 Å². The lowest BCUT2D eigenvalue weighted by Gasteiger charge is -2.20. The van der Waals surface area contributed by atoms with Crippen LogP contribution in [-0.4, -0.2) is 23.2 Å². The smallest absolute Gasteiger partial charge is 0.257 e. The summed E-state index contributed by atoms with van der Waals surface area (Å²) in [5.74, 6) is 1.98. The highest BCUT2D eigenvalue weighted by Gasteiger charge is 2.17. The van der Waals surface area contributed by atoms with Crippen molar-refractivity contribution in [1.29, 1.82) is 0 Å². The van der Waals surface area contributed by atoms with Crippen LogP contribution in [0, 0.1) is 12.8 Å². The largest absolute Gasteiger partial charge is 0.334 e. The highest BCUT2D eigenvalue weighted by Crippen LogP contribution is 2.24. The van der Waals surface area contributed by atoms with Gasteiger partial charge in [-0.1, -0.05) is 16.8 Å². The van der Waals surface area contributed by atoms with Gasteiger partial charge in [0.25, 0.3) is 5.89 Å². The lowest BCUT2D eigenvalue weighted by molar-refractivity contribution is 0.360. The van der Waals surface area contributed by atoms with E-state index in [1.807, 2.05) is 25.1 Å². The van der Waals surface area contributed by atoms with Crippen LogP contribution in [0.15, 0.2) is 22.7 Å². The van der Waals surface area contributed by atoms with Crippen LogP contribution < -0.4 is 5.32 Å². The van der Waals surface area contributed by atoms with Gasteiger partial charge in [0, 0.05) is 17.0 Å². The Morgan fingerprint density at radius 2 is 2.35 bits per heavy atom. The predicted octanol–water partition coefficient (Wildman–Crippen LogP) is 3.24. The topological polar surface area (TPSA) is 51.0 Å². The van der Waals surface area contributed by atoms with Gasteiger partial charge in [-0.05, 0) is 62.5 Å². The molecule has 2 aromatic rings. The summed E-state index contributed by atoms with van der Waals surface area (Å²) in [4.78, 5) is 4.50. The third-order valence-corrected chi connectivity index (χ3v) is 4.17. The molecule has 1 aliphatic rings. The Morgan fingerprint density at radius 1 is 1.45 bits per heavy atom. The quantitative estimate of drug-likeness (QED) is 0.943. The summed E-state index contributed by atoms with van der Waals surface area (Å²) in [6.07, 6.45) is 3.34. The van der Waals surface area contributed by atoms with Crippen LogP contribution in [0.3, 0.4) is 0 Å². The van der Waals surface area contributed by atoms with Crippen LogP contribution in [0.5, 0.6) is 0 Å². The predicted molar refractivity (Wildman–Crippen MR) is 78.8 cm³/mol. The van der Waals surface area contributed by atoms with E-state index >= 15 is 0 Å². The van der Waals surface area contributed by atoms with Crippen LogP contribution in [0.4, 0.5) is 0 Å². The van der Waals surface area contributed by atoms with Gasteiger partial charge in [0.1, 0.15) is 0 Å². The Hall–Kier alpha value is -1.39. The number of halogens is 1. The van der Waals surface area contributed by atoms with Crippen LogP contribution in [0.25, 0.3) is 11.5 Å². The molecule has 2 heterocycles. The first-order valence-electron chi connectivity index (χ1n) is 7.02. The maximum absolute atomic E-state index is 6.03. The van der Waals surface area contributed by atoms with E-state index in [0.717, 1.165) is 41.5 Å². The first-order chi connectivity index (χ1) is 9.72.